The lowest BCUT2D eigenvalue weighted by Gasteiger charge is -2.06. The number of aromatic hydroxyl groups is 1. The van der Waals surface area contributed by atoms with E-state index in [1.54, 1.807) is 18.2 Å². The number of nitrogens with one attached hydrogen (secondary N) is 1. The molecular weight excluding hydrogens is 238 g/mol. The molecule has 1 aromatic heterocycles. The molecule has 19 heavy (non-hydrogen) atoms. The number of hydrogen-bond acceptors (Lipinski definition) is 2. The fourth-order valence-corrected chi connectivity index (χ4v) is 2.18. The highest BCUT2D eigenvalue weighted by Crippen LogP contribution is 2.26. The molecule has 0 saturated carbocycles. The van der Waals surface area contributed by atoms with Gasteiger partial charge in [-0.3, -0.25) is 0 Å². The van der Waals surface area contributed by atoms with Crippen LogP contribution in [0.3, 0.4) is 0 Å². The summed E-state index contributed by atoms with van der Waals surface area (Å²) < 4.78 is 5.61. The van der Waals surface area contributed by atoms with Gasteiger partial charge in [-0.1, -0.05) is 30.3 Å². The van der Waals surface area contributed by atoms with Crippen LogP contribution in [0.25, 0.3) is 10.9 Å². The Bertz CT molecular complexity index is 716. The van der Waals surface area contributed by atoms with Gasteiger partial charge < -0.3 is 14.8 Å². The Balaban J connectivity index is 1.83. The SMILES string of the molecule is Cc1cccc2cc(COc3ccccc3O)[nH]c12. The second-order valence-corrected chi connectivity index (χ2v) is 4.59. The summed E-state index contributed by atoms with van der Waals surface area (Å²) in [5.41, 5.74) is 3.34. The van der Waals surface area contributed by atoms with E-state index in [0.717, 1.165) is 11.2 Å². The summed E-state index contributed by atoms with van der Waals surface area (Å²) in [5, 5.41) is 10.8. The Morgan fingerprint density at radius 3 is 2.74 bits per heavy atom. The summed E-state index contributed by atoms with van der Waals surface area (Å²) in [6, 6.07) is 15.2. The summed E-state index contributed by atoms with van der Waals surface area (Å²) >= 11 is 0. The average molecular weight is 253 g/mol. The molecule has 96 valence electrons. The van der Waals surface area contributed by atoms with Crippen molar-refractivity contribution in [2.24, 2.45) is 0 Å². The van der Waals surface area contributed by atoms with E-state index >= 15 is 0 Å². The first-order valence-corrected chi connectivity index (χ1v) is 6.22. The van der Waals surface area contributed by atoms with Crippen LogP contribution in [0, 0.1) is 6.92 Å². The van der Waals surface area contributed by atoms with Gasteiger partial charge in [-0.25, -0.2) is 0 Å². The molecule has 3 nitrogen and oxygen atoms in total. The minimum Gasteiger partial charge on any atom is -0.504 e. The maximum atomic E-state index is 9.64. The molecule has 0 amide bonds. The molecule has 1 heterocycles. The molecule has 3 aromatic rings. The molecule has 0 bridgehead atoms. The molecule has 3 heteroatoms. The third kappa shape index (κ3) is 2.27. The van der Waals surface area contributed by atoms with E-state index in [0.29, 0.717) is 12.4 Å². The van der Waals surface area contributed by atoms with Crippen LogP contribution in [0.2, 0.25) is 0 Å². The summed E-state index contributed by atoms with van der Waals surface area (Å²) in [5.74, 6) is 0.660. The van der Waals surface area contributed by atoms with Crippen LogP contribution in [0.4, 0.5) is 0 Å². The number of aromatic amines is 1. The van der Waals surface area contributed by atoms with Crippen molar-refractivity contribution in [1.29, 1.82) is 0 Å². The van der Waals surface area contributed by atoms with Crippen molar-refractivity contribution in [3.8, 4) is 11.5 Å². The molecule has 0 unspecified atom stereocenters. The Kier molecular flexibility index (Phi) is 2.88. The van der Waals surface area contributed by atoms with E-state index in [9.17, 15) is 5.11 Å². The fraction of sp³-hybridized carbons (Fsp3) is 0.125. The summed E-state index contributed by atoms with van der Waals surface area (Å²) in [6.07, 6.45) is 0. The van der Waals surface area contributed by atoms with E-state index in [1.165, 1.54) is 10.9 Å². The van der Waals surface area contributed by atoms with Gasteiger partial charge in [0.05, 0.1) is 5.69 Å². The van der Waals surface area contributed by atoms with E-state index in [4.69, 9.17) is 4.74 Å². The molecule has 0 radical (unpaired) electrons. The highest BCUT2D eigenvalue weighted by atomic mass is 16.5. The number of ether oxygens (including phenoxy) is 1. The lowest BCUT2D eigenvalue weighted by molar-refractivity contribution is 0.286. The number of para-hydroxylation sites is 3. The van der Waals surface area contributed by atoms with Gasteiger partial charge in [-0.15, -0.1) is 0 Å². The third-order valence-electron chi connectivity index (χ3n) is 3.17. The van der Waals surface area contributed by atoms with Gasteiger partial charge in [0, 0.05) is 10.9 Å². The molecule has 3 rings (SSSR count). The molecule has 0 aliphatic heterocycles. The number of fused-ring (bicyclic) bond motifs is 1. The van der Waals surface area contributed by atoms with E-state index < -0.39 is 0 Å². The van der Waals surface area contributed by atoms with Crippen LogP contribution in [-0.2, 0) is 6.61 Å². The first kappa shape index (κ1) is 11.7. The lowest BCUT2D eigenvalue weighted by Crippen LogP contribution is -1.95. The van der Waals surface area contributed by atoms with Crippen molar-refractivity contribution in [1.82, 2.24) is 4.98 Å². The van der Waals surface area contributed by atoms with Crippen molar-refractivity contribution in [3.05, 3.63) is 59.8 Å². The molecule has 0 aliphatic rings. The summed E-state index contributed by atoms with van der Waals surface area (Å²) in [4.78, 5) is 3.35. The van der Waals surface area contributed by atoms with Crippen molar-refractivity contribution >= 4 is 10.9 Å². The van der Waals surface area contributed by atoms with Gasteiger partial charge in [0.1, 0.15) is 6.61 Å². The predicted octanol–water partition coefficient (Wildman–Crippen LogP) is 3.76. The van der Waals surface area contributed by atoms with Crippen molar-refractivity contribution < 1.29 is 9.84 Å². The summed E-state index contributed by atoms with van der Waals surface area (Å²) in [7, 11) is 0. The molecule has 0 fully saturated rings. The first-order chi connectivity index (χ1) is 9.24. The molecular formula is C16H15NO2. The number of aryl methyl sites for hydroxylation is 1. The van der Waals surface area contributed by atoms with Crippen molar-refractivity contribution in [2.45, 2.75) is 13.5 Å². The molecule has 0 saturated heterocycles. The number of H-pyrrole nitrogens is 1. The summed E-state index contributed by atoms with van der Waals surface area (Å²) in [6.45, 7) is 2.48. The van der Waals surface area contributed by atoms with Crippen LogP contribution >= 0.6 is 0 Å². The molecule has 0 spiro atoms. The Labute approximate surface area is 111 Å². The number of phenolic OH excluding ortho intramolecular Hbond substituents is 1. The van der Waals surface area contributed by atoms with E-state index in [-0.39, 0.29) is 5.75 Å². The molecule has 0 aliphatic carbocycles. The van der Waals surface area contributed by atoms with Crippen LogP contribution < -0.4 is 4.74 Å². The number of phenols is 1. The average Bonchev–Trinajstić information content (AvgIpc) is 2.82. The van der Waals surface area contributed by atoms with Crippen LogP contribution in [0.15, 0.2) is 48.5 Å². The zero-order valence-electron chi connectivity index (χ0n) is 10.7. The van der Waals surface area contributed by atoms with Gasteiger partial charge in [-0.05, 0) is 30.7 Å². The Morgan fingerprint density at radius 1 is 1.11 bits per heavy atom. The minimum absolute atomic E-state index is 0.162. The number of hydrogen-bond donors (Lipinski definition) is 2. The second kappa shape index (κ2) is 4.69. The highest BCUT2D eigenvalue weighted by molar-refractivity contribution is 5.83. The smallest absolute Gasteiger partial charge is 0.161 e. The van der Waals surface area contributed by atoms with Gasteiger partial charge >= 0.3 is 0 Å². The van der Waals surface area contributed by atoms with Crippen LogP contribution in [-0.4, -0.2) is 10.1 Å². The van der Waals surface area contributed by atoms with Crippen molar-refractivity contribution in [3.63, 3.8) is 0 Å². The zero-order chi connectivity index (χ0) is 13.2. The second-order valence-electron chi connectivity index (χ2n) is 4.59. The number of rotatable bonds is 3. The molecule has 0 atom stereocenters. The number of benzene rings is 2. The minimum atomic E-state index is 0.162. The fourth-order valence-electron chi connectivity index (χ4n) is 2.18. The van der Waals surface area contributed by atoms with E-state index in [2.05, 4.69) is 30.1 Å². The van der Waals surface area contributed by atoms with Crippen molar-refractivity contribution in [2.75, 3.05) is 0 Å². The predicted molar refractivity (Wildman–Crippen MR) is 75.5 cm³/mol. The normalized spacial score (nSPS) is 10.8. The standard InChI is InChI=1S/C16H15NO2/c1-11-5-4-6-12-9-13(17-16(11)12)10-19-15-8-3-2-7-14(15)18/h2-9,17-18H,10H2,1H3. The van der Waals surface area contributed by atoms with Gasteiger partial charge in [0.2, 0.25) is 0 Å². The maximum absolute atomic E-state index is 9.64. The van der Waals surface area contributed by atoms with Gasteiger partial charge in [0.15, 0.2) is 11.5 Å². The monoisotopic (exact) mass is 253 g/mol. The third-order valence-corrected chi connectivity index (χ3v) is 3.17. The van der Waals surface area contributed by atoms with E-state index in [1.807, 2.05) is 12.1 Å². The topological polar surface area (TPSA) is 45.2 Å². The van der Waals surface area contributed by atoms with Gasteiger partial charge in [-0.2, -0.15) is 0 Å². The zero-order valence-corrected chi connectivity index (χ0v) is 10.7. The molecule has 2 aromatic carbocycles. The quantitative estimate of drug-likeness (QED) is 0.746. The largest absolute Gasteiger partial charge is 0.504 e. The Morgan fingerprint density at radius 2 is 1.95 bits per heavy atom. The Hall–Kier alpha value is -2.42. The molecule has 2 N–H and O–H groups in total. The maximum Gasteiger partial charge on any atom is 0.161 e. The first-order valence-electron chi connectivity index (χ1n) is 6.22. The van der Waals surface area contributed by atoms with Crippen LogP contribution in [0.5, 0.6) is 11.5 Å². The number of aromatic nitrogens is 1. The lowest BCUT2D eigenvalue weighted by atomic mass is 10.2. The van der Waals surface area contributed by atoms with Gasteiger partial charge in [0.25, 0.3) is 0 Å². The highest BCUT2D eigenvalue weighted by Gasteiger charge is 2.05. The van der Waals surface area contributed by atoms with Crippen LogP contribution in [0.1, 0.15) is 11.3 Å².